The number of hydrogen-bond acceptors (Lipinski definition) is 3. The van der Waals surface area contributed by atoms with E-state index in [-0.39, 0.29) is 28.6 Å². The molecule has 2 saturated heterocycles. The van der Waals surface area contributed by atoms with E-state index >= 15 is 0 Å². The third kappa shape index (κ3) is 2.17. The van der Waals surface area contributed by atoms with Crippen LogP contribution in [0.5, 0.6) is 0 Å². The SMILES string of the molecule is O=C(O)c1ccc(C(=O)N2C3CCC2COC3)cc1Cl. The molecule has 1 amide bonds. The number of carboxylic acids is 1. The van der Waals surface area contributed by atoms with Gasteiger partial charge in [-0.2, -0.15) is 0 Å². The summed E-state index contributed by atoms with van der Waals surface area (Å²) in [5.41, 5.74) is 0.437. The van der Waals surface area contributed by atoms with Crippen molar-refractivity contribution in [3.63, 3.8) is 0 Å². The van der Waals surface area contributed by atoms with E-state index in [9.17, 15) is 9.59 Å². The molecule has 0 aliphatic carbocycles. The molecular weight excluding hydrogens is 282 g/mol. The Labute approximate surface area is 121 Å². The van der Waals surface area contributed by atoms with Crippen molar-refractivity contribution in [3.05, 3.63) is 34.3 Å². The van der Waals surface area contributed by atoms with Crippen LogP contribution in [0.1, 0.15) is 33.6 Å². The van der Waals surface area contributed by atoms with E-state index in [4.69, 9.17) is 21.4 Å². The summed E-state index contributed by atoms with van der Waals surface area (Å²) in [6, 6.07) is 4.58. The molecular formula is C14H14ClNO4. The van der Waals surface area contributed by atoms with Gasteiger partial charge in [0.1, 0.15) is 0 Å². The van der Waals surface area contributed by atoms with Gasteiger partial charge in [-0.25, -0.2) is 4.79 Å². The fourth-order valence-corrected chi connectivity index (χ4v) is 3.19. The van der Waals surface area contributed by atoms with Crippen LogP contribution < -0.4 is 0 Å². The molecule has 2 heterocycles. The Kier molecular flexibility index (Phi) is 3.40. The molecule has 3 rings (SSSR count). The molecule has 2 aliphatic heterocycles. The van der Waals surface area contributed by atoms with Gasteiger partial charge in [0.25, 0.3) is 5.91 Å². The Morgan fingerprint density at radius 3 is 2.45 bits per heavy atom. The molecule has 1 N–H and O–H groups in total. The minimum Gasteiger partial charge on any atom is -0.478 e. The van der Waals surface area contributed by atoms with Crippen LogP contribution in [-0.2, 0) is 4.74 Å². The number of hydrogen-bond donors (Lipinski definition) is 1. The number of morpholine rings is 1. The first-order valence-corrected chi connectivity index (χ1v) is 6.89. The van der Waals surface area contributed by atoms with Gasteiger partial charge in [0.2, 0.25) is 0 Å². The van der Waals surface area contributed by atoms with E-state index < -0.39 is 5.97 Å². The van der Waals surface area contributed by atoms with Gasteiger partial charge >= 0.3 is 5.97 Å². The number of halogens is 1. The maximum absolute atomic E-state index is 12.6. The van der Waals surface area contributed by atoms with Crippen LogP contribution in [0.4, 0.5) is 0 Å². The van der Waals surface area contributed by atoms with Gasteiger partial charge in [-0.1, -0.05) is 11.6 Å². The number of carbonyl (C=O) groups is 2. The molecule has 0 saturated carbocycles. The summed E-state index contributed by atoms with van der Waals surface area (Å²) < 4.78 is 5.45. The summed E-state index contributed by atoms with van der Waals surface area (Å²) in [6.07, 6.45) is 1.91. The maximum Gasteiger partial charge on any atom is 0.337 e. The van der Waals surface area contributed by atoms with Crippen LogP contribution in [0, 0.1) is 0 Å². The molecule has 2 atom stereocenters. The molecule has 1 aromatic rings. The summed E-state index contributed by atoms with van der Waals surface area (Å²) in [7, 11) is 0. The second kappa shape index (κ2) is 5.07. The highest BCUT2D eigenvalue weighted by Gasteiger charge is 2.40. The van der Waals surface area contributed by atoms with E-state index in [1.165, 1.54) is 18.2 Å². The molecule has 2 unspecified atom stereocenters. The van der Waals surface area contributed by atoms with Crippen molar-refractivity contribution in [1.29, 1.82) is 0 Å². The van der Waals surface area contributed by atoms with E-state index in [0.717, 1.165) is 12.8 Å². The smallest absolute Gasteiger partial charge is 0.337 e. The maximum atomic E-state index is 12.6. The average molecular weight is 296 g/mol. The summed E-state index contributed by atoms with van der Waals surface area (Å²) in [4.78, 5) is 25.3. The molecule has 20 heavy (non-hydrogen) atoms. The van der Waals surface area contributed by atoms with Gasteiger partial charge in [-0.05, 0) is 31.0 Å². The van der Waals surface area contributed by atoms with Gasteiger partial charge in [0.15, 0.2) is 0 Å². The van der Waals surface area contributed by atoms with Crippen molar-refractivity contribution in [3.8, 4) is 0 Å². The van der Waals surface area contributed by atoms with E-state index in [1.807, 2.05) is 4.90 Å². The van der Waals surface area contributed by atoms with Crippen LogP contribution in [0.25, 0.3) is 0 Å². The fraction of sp³-hybridized carbons (Fsp3) is 0.429. The lowest BCUT2D eigenvalue weighted by Gasteiger charge is -2.34. The van der Waals surface area contributed by atoms with Gasteiger partial charge in [-0.15, -0.1) is 0 Å². The zero-order chi connectivity index (χ0) is 14.3. The predicted molar refractivity (Wildman–Crippen MR) is 72.2 cm³/mol. The van der Waals surface area contributed by atoms with Crippen molar-refractivity contribution in [2.75, 3.05) is 13.2 Å². The number of nitrogens with zero attached hydrogens (tertiary/aromatic N) is 1. The summed E-state index contributed by atoms with van der Waals surface area (Å²) in [5, 5.41) is 9.03. The summed E-state index contributed by atoms with van der Waals surface area (Å²) in [5.74, 6) is -1.19. The summed E-state index contributed by atoms with van der Waals surface area (Å²) in [6.45, 7) is 1.15. The molecule has 6 heteroatoms. The van der Waals surface area contributed by atoms with Crippen molar-refractivity contribution in [1.82, 2.24) is 4.90 Å². The number of fused-ring (bicyclic) bond motifs is 2. The third-order valence-corrected chi connectivity index (χ3v) is 4.23. The number of rotatable bonds is 2. The Morgan fingerprint density at radius 1 is 1.25 bits per heavy atom. The number of benzene rings is 1. The van der Waals surface area contributed by atoms with Crippen LogP contribution in [0.15, 0.2) is 18.2 Å². The molecule has 106 valence electrons. The molecule has 2 bridgehead atoms. The van der Waals surface area contributed by atoms with Crippen LogP contribution in [0.3, 0.4) is 0 Å². The average Bonchev–Trinajstić information content (AvgIpc) is 2.66. The topological polar surface area (TPSA) is 66.8 Å². The normalized spacial score (nSPS) is 24.8. The number of carbonyl (C=O) groups excluding carboxylic acids is 1. The highest BCUT2D eigenvalue weighted by atomic mass is 35.5. The van der Waals surface area contributed by atoms with E-state index in [0.29, 0.717) is 18.8 Å². The first kappa shape index (κ1) is 13.4. The number of amides is 1. The zero-order valence-corrected chi connectivity index (χ0v) is 11.5. The molecule has 2 aliphatic rings. The number of carboxylic acid groups (broad SMARTS) is 1. The quantitative estimate of drug-likeness (QED) is 0.907. The Bertz CT molecular complexity index is 558. The van der Waals surface area contributed by atoms with Crippen molar-refractivity contribution < 1.29 is 19.4 Å². The van der Waals surface area contributed by atoms with E-state index in [1.54, 1.807) is 0 Å². The number of aromatic carboxylic acids is 1. The molecule has 5 nitrogen and oxygen atoms in total. The zero-order valence-electron chi connectivity index (χ0n) is 10.7. The van der Waals surface area contributed by atoms with Crippen molar-refractivity contribution in [2.45, 2.75) is 24.9 Å². The number of ether oxygens (including phenoxy) is 1. The molecule has 0 spiro atoms. The Morgan fingerprint density at radius 2 is 1.90 bits per heavy atom. The second-order valence-electron chi connectivity index (χ2n) is 5.13. The largest absolute Gasteiger partial charge is 0.478 e. The van der Waals surface area contributed by atoms with Gasteiger partial charge < -0.3 is 14.7 Å². The minimum atomic E-state index is -1.10. The molecule has 0 radical (unpaired) electrons. The predicted octanol–water partition coefficient (Wildman–Crippen LogP) is 2.04. The first-order valence-electron chi connectivity index (χ1n) is 6.51. The second-order valence-corrected chi connectivity index (χ2v) is 5.54. The fourth-order valence-electron chi connectivity index (χ4n) is 2.93. The highest BCUT2D eigenvalue weighted by molar-refractivity contribution is 6.33. The monoisotopic (exact) mass is 295 g/mol. The summed E-state index contributed by atoms with van der Waals surface area (Å²) >= 11 is 5.92. The van der Waals surface area contributed by atoms with Gasteiger partial charge in [0.05, 0.1) is 35.9 Å². The van der Waals surface area contributed by atoms with Crippen molar-refractivity contribution in [2.24, 2.45) is 0 Å². The first-order chi connectivity index (χ1) is 9.58. The van der Waals surface area contributed by atoms with Crippen LogP contribution in [-0.4, -0.2) is 47.2 Å². The molecule has 2 fully saturated rings. The van der Waals surface area contributed by atoms with Crippen molar-refractivity contribution >= 4 is 23.5 Å². The van der Waals surface area contributed by atoms with Crippen LogP contribution in [0.2, 0.25) is 5.02 Å². The highest BCUT2D eigenvalue weighted by Crippen LogP contribution is 2.31. The van der Waals surface area contributed by atoms with Gasteiger partial charge in [-0.3, -0.25) is 4.79 Å². The molecule has 1 aromatic carbocycles. The Balaban J connectivity index is 1.88. The lowest BCUT2D eigenvalue weighted by molar-refractivity contribution is -0.00716. The lowest BCUT2D eigenvalue weighted by Crippen LogP contribution is -2.49. The standard InChI is InChI=1S/C14H14ClNO4/c15-12-5-8(1-4-11(12)14(18)19)13(17)16-9-2-3-10(16)7-20-6-9/h1,4-5,9-10H,2-3,6-7H2,(H,18,19). The minimum absolute atomic E-state index is 0.00756. The Hall–Kier alpha value is -1.59. The van der Waals surface area contributed by atoms with Crippen LogP contribution >= 0.6 is 11.6 Å². The van der Waals surface area contributed by atoms with E-state index in [2.05, 4.69) is 0 Å². The third-order valence-electron chi connectivity index (χ3n) is 3.92. The lowest BCUT2D eigenvalue weighted by atomic mass is 10.1. The van der Waals surface area contributed by atoms with Gasteiger partial charge in [0, 0.05) is 5.56 Å². The molecule has 0 aromatic heterocycles.